The summed E-state index contributed by atoms with van der Waals surface area (Å²) in [6, 6.07) is 15.6. The topological polar surface area (TPSA) is 53.3 Å². The van der Waals surface area contributed by atoms with Crippen molar-refractivity contribution in [2.75, 3.05) is 0 Å². The van der Waals surface area contributed by atoms with Crippen molar-refractivity contribution in [2.24, 2.45) is 0 Å². The van der Waals surface area contributed by atoms with Gasteiger partial charge >= 0.3 is 0 Å². The highest BCUT2D eigenvalue weighted by atomic mass is 35.5. The number of amides is 1. The number of hydrogen-bond acceptors (Lipinski definition) is 3. The largest absolute Gasteiger partial charge is 0.487 e. The highest BCUT2D eigenvalue weighted by molar-refractivity contribution is 6.31. The fourth-order valence-electron chi connectivity index (χ4n) is 4.82. The minimum absolute atomic E-state index is 0.128. The third kappa shape index (κ3) is 3.84. The van der Waals surface area contributed by atoms with Crippen LogP contribution >= 0.6 is 11.6 Å². The molecule has 0 aromatic heterocycles. The molecule has 2 aliphatic heterocycles. The summed E-state index contributed by atoms with van der Waals surface area (Å²) in [5.41, 5.74) is 2.10. The fraction of sp³-hybridized carbons (Fsp3) is 0.417. The van der Waals surface area contributed by atoms with Gasteiger partial charge in [-0.25, -0.2) is 0 Å². The molecule has 2 aromatic carbocycles. The standard InChI is InChI=1S/C24H25ClN2O2/c1-3-16-4-6-17(7-5-16)23(28)27-19-9-10-20(27)14-24(2,13-19)29-21-11-8-18(15-26)22(25)12-21/h4-8,11-12,19-20H,3,9-10,13-14H2,1-2H3. The van der Waals surface area contributed by atoms with Gasteiger partial charge in [0, 0.05) is 36.6 Å². The van der Waals surface area contributed by atoms with Crippen LogP contribution in [0.2, 0.25) is 5.02 Å². The summed E-state index contributed by atoms with van der Waals surface area (Å²) in [5.74, 6) is 0.800. The van der Waals surface area contributed by atoms with Crippen molar-refractivity contribution in [1.82, 2.24) is 4.90 Å². The number of nitrogens with zero attached hydrogens (tertiary/aromatic N) is 2. The number of halogens is 1. The first kappa shape index (κ1) is 19.8. The van der Waals surface area contributed by atoms with Crippen LogP contribution < -0.4 is 4.74 Å². The van der Waals surface area contributed by atoms with Gasteiger partial charge in [-0.3, -0.25) is 4.79 Å². The molecule has 2 heterocycles. The predicted octanol–water partition coefficient (Wildman–Crippen LogP) is 5.38. The molecule has 2 bridgehead atoms. The SMILES string of the molecule is CCc1ccc(C(=O)N2C3CCC2CC(C)(Oc2ccc(C#N)c(Cl)c2)C3)cc1. The van der Waals surface area contributed by atoms with Crippen LogP contribution in [0.3, 0.4) is 0 Å². The zero-order valence-corrected chi connectivity index (χ0v) is 17.6. The van der Waals surface area contributed by atoms with Gasteiger partial charge in [0.25, 0.3) is 5.91 Å². The molecule has 1 amide bonds. The number of piperidine rings is 1. The van der Waals surface area contributed by atoms with Crippen molar-refractivity contribution in [3.8, 4) is 11.8 Å². The molecule has 4 nitrogen and oxygen atoms in total. The maximum atomic E-state index is 13.2. The van der Waals surface area contributed by atoms with E-state index in [1.165, 1.54) is 5.56 Å². The van der Waals surface area contributed by atoms with Crippen molar-refractivity contribution >= 4 is 17.5 Å². The van der Waals surface area contributed by atoms with E-state index in [2.05, 4.69) is 24.8 Å². The maximum absolute atomic E-state index is 13.2. The predicted molar refractivity (Wildman–Crippen MR) is 113 cm³/mol. The van der Waals surface area contributed by atoms with Gasteiger partial charge in [-0.2, -0.15) is 5.26 Å². The lowest BCUT2D eigenvalue weighted by atomic mass is 9.87. The Hall–Kier alpha value is -2.51. The van der Waals surface area contributed by atoms with Crippen LogP contribution in [0.1, 0.15) is 61.0 Å². The number of fused-ring (bicyclic) bond motifs is 2. The van der Waals surface area contributed by atoms with Crippen molar-refractivity contribution < 1.29 is 9.53 Å². The van der Waals surface area contributed by atoms with Crippen LogP contribution in [0.5, 0.6) is 5.75 Å². The molecule has 0 N–H and O–H groups in total. The molecule has 4 rings (SSSR count). The van der Waals surface area contributed by atoms with Gasteiger partial charge in [0.2, 0.25) is 0 Å². The smallest absolute Gasteiger partial charge is 0.254 e. The Morgan fingerprint density at radius 1 is 1.21 bits per heavy atom. The average Bonchev–Trinajstić information content (AvgIpc) is 2.99. The monoisotopic (exact) mass is 408 g/mol. The van der Waals surface area contributed by atoms with Crippen LogP contribution in [0.15, 0.2) is 42.5 Å². The number of carbonyl (C=O) groups excluding carboxylic acids is 1. The molecule has 0 radical (unpaired) electrons. The molecular weight excluding hydrogens is 384 g/mol. The number of carbonyl (C=O) groups is 1. The van der Waals surface area contributed by atoms with E-state index in [9.17, 15) is 4.79 Å². The van der Waals surface area contributed by atoms with E-state index in [0.29, 0.717) is 16.3 Å². The quantitative estimate of drug-likeness (QED) is 0.682. The normalized spacial score (nSPS) is 25.5. The van der Waals surface area contributed by atoms with Gasteiger partial charge in [0.15, 0.2) is 0 Å². The van der Waals surface area contributed by atoms with Crippen LogP contribution in [0.25, 0.3) is 0 Å². The zero-order valence-electron chi connectivity index (χ0n) is 16.8. The Labute approximate surface area is 177 Å². The highest BCUT2D eigenvalue weighted by Gasteiger charge is 2.49. The minimum atomic E-state index is -0.355. The Bertz CT molecular complexity index is 950. The van der Waals surface area contributed by atoms with Crippen LogP contribution in [0, 0.1) is 11.3 Å². The summed E-state index contributed by atoms with van der Waals surface area (Å²) >= 11 is 6.16. The van der Waals surface area contributed by atoms with Gasteiger partial charge in [-0.15, -0.1) is 0 Å². The molecule has 0 spiro atoms. The Balaban J connectivity index is 1.50. The van der Waals surface area contributed by atoms with Gasteiger partial charge in [-0.05, 0) is 56.0 Å². The molecule has 2 atom stereocenters. The first-order valence-corrected chi connectivity index (χ1v) is 10.6. The Kier molecular flexibility index (Phi) is 5.27. The summed E-state index contributed by atoms with van der Waals surface area (Å²) in [6.45, 7) is 4.23. The molecule has 5 heteroatoms. The molecule has 2 unspecified atom stereocenters. The van der Waals surface area contributed by atoms with E-state index in [1.807, 2.05) is 24.3 Å². The van der Waals surface area contributed by atoms with E-state index < -0.39 is 0 Å². The molecule has 2 aromatic rings. The minimum Gasteiger partial charge on any atom is -0.487 e. The lowest BCUT2D eigenvalue weighted by Crippen LogP contribution is -2.54. The summed E-state index contributed by atoms with van der Waals surface area (Å²) in [4.78, 5) is 15.3. The maximum Gasteiger partial charge on any atom is 0.254 e. The van der Waals surface area contributed by atoms with E-state index >= 15 is 0 Å². The summed E-state index contributed by atoms with van der Waals surface area (Å²) in [6.07, 6.45) is 4.57. The van der Waals surface area contributed by atoms with Crippen LogP contribution in [-0.2, 0) is 6.42 Å². The lowest BCUT2D eigenvalue weighted by Gasteiger charge is -2.44. The van der Waals surface area contributed by atoms with E-state index in [1.54, 1.807) is 18.2 Å². The summed E-state index contributed by atoms with van der Waals surface area (Å²) in [5, 5.41) is 9.45. The van der Waals surface area contributed by atoms with Gasteiger partial charge in [0.05, 0.1) is 10.6 Å². The summed E-state index contributed by atoms with van der Waals surface area (Å²) in [7, 11) is 0. The first-order valence-electron chi connectivity index (χ1n) is 10.2. The molecular formula is C24H25ClN2O2. The van der Waals surface area contributed by atoms with Crippen molar-refractivity contribution in [3.63, 3.8) is 0 Å². The Morgan fingerprint density at radius 2 is 1.86 bits per heavy atom. The first-order chi connectivity index (χ1) is 13.9. The number of nitriles is 1. The van der Waals surface area contributed by atoms with Gasteiger partial charge in [0.1, 0.15) is 17.4 Å². The van der Waals surface area contributed by atoms with E-state index in [0.717, 1.165) is 37.7 Å². The van der Waals surface area contributed by atoms with Crippen molar-refractivity contribution in [2.45, 2.75) is 63.6 Å². The summed E-state index contributed by atoms with van der Waals surface area (Å²) < 4.78 is 6.34. The third-order valence-electron chi connectivity index (χ3n) is 6.22. The van der Waals surface area contributed by atoms with E-state index in [-0.39, 0.29) is 23.6 Å². The van der Waals surface area contributed by atoms with Gasteiger partial charge in [-0.1, -0.05) is 30.7 Å². The molecule has 150 valence electrons. The number of benzene rings is 2. The van der Waals surface area contributed by atoms with E-state index in [4.69, 9.17) is 21.6 Å². The second-order valence-electron chi connectivity index (χ2n) is 8.36. The molecule has 2 fully saturated rings. The molecule has 29 heavy (non-hydrogen) atoms. The zero-order chi connectivity index (χ0) is 20.6. The highest BCUT2D eigenvalue weighted by Crippen LogP contribution is 2.43. The molecule has 2 saturated heterocycles. The fourth-order valence-corrected chi connectivity index (χ4v) is 5.04. The van der Waals surface area contributed by atoms with Crippen molar-refractivity contribution in [3.05, 3.63) is 64.2 Å². The van der Waals surface area contributed by atoms with Gasteiger partial charge < -0.3 is 9.64 Å². The number of ether oxygens (including phenoxy) is 1. The average molecular weight is 409 g/mol. The van der Waals surface area contributed by atoms with Crippen LogP contribution in [-0.4, -0.2) is 28.5 Å². The Morgan fingerprint density at radius 3 is 2.41 bits per heavy atom. The molecule has 2 aliphatic rings. The van der Waals surface area contributed by atoms with Crippen molar-refractivity contribution in [1.29, 1.82) is 5.26 Å². The second kappa shape index (κ2) is 7.72. The third-order valence-corrected chi connectivity index (χ3v) is 6.54. The molecule has 0 aliphatic carbocycles. The van der Waals surface area contributed by atoms with Crippen LogP contribution in [0.4, 0.5) is 0 Å². The molecule has 0 saturated carbocycles. The number of hydrogen-bond donors (Lipinski definition) is 0. The lowest BCUT2D eigenvalue weighted by molar-refractivity contribution is -0.0128. The number of aryl methyl sites for hydroxylation is 1. The second-order valence-corrected chi connectivity index (χ2v) is 8.77. The number of rotatable bonds is 4.